The molecule has 3 N–H and O–H groups in total. The lowest BCUT2D eigenvalue weighted by molar-refractivity contribution is -0.124. The highest BCUT2D eigenvalue weighted by Crippen LogP contribution is 2.33. The Bertz CT molecular complexity index is 1060. The topological polar surface area (TPSA) is 136 Å². The van der Waals surface area contributed by atoms with E-state index in [9.17, 15) is 4.79 Å². The van der Waals surface area contributed by atoms with Gasteiger partial charge in [0.2, 0.25) is 35.3 Å². The number of nitrogens with zero attached hydrogens (tertiary/aromatic N) is 6. The maximum Gasteiger partial charge on any atom is 0.240 e. The summed E-state index contributed by atoms with van der Waals surface area (Å²) in [5, 5.41) is 7.19. The molecule has 0 atom stereocenters. The summed E-state index contributed by atoms with van der Waals surface area (Å²) in [4.78, 5) is 31.2. The van der Waals surface area contributed by atoms with Crippen LogP contribution in [-0.2, 0) is 4.79 Å². The Morgan fingerprint density at radius 2 is 1.78 bits per heavy atom. The lowest BCUT2D eigenvalue weighted by Gasteiger charge is -2.27. The van der Waals surface area contributed by atoms with Crippen LogP contribution in [0.2, 0.25) is 0 Å². The predicted octanol–water partition coefficient (Wildman–Crippen LogP) is 3.07. The van der Waals surface area contributed by atoms with Gasteiger partial charge >= 0.3 is 0 Å². The van der Waals surface area contributed by atoms with E-state index in [0.717, 1.165) is 31.4 Å². The fourth-order valence-electron chi connectivity index (χ4n) is 3.74. The second-order valence-corrected chi connectivity index (χ2v) is 8.38. The standard InChI is InChI=1S/C22H28N8O2/c1-13(2)19(31)24-15-11-9-14(10-12-15)20-25-18(29-32-20)17-26-21(23)28-22(27-17)30(3)16-7-5-4-6-8-16/h4-8,13-15H,9-12H2,1-3H3,(H,24,31)(H2,23,26,27,28). The monoisotopic (exact) mass is 436 g/mol. The quantitative estimate of drug-likeness (QED) is 0.597. The first kappa shape index (κ1) is 21.7. The van der Waals surface area contributed by atoms with Gasteiger partial charge in [-0.05, 0) is 37.8 Å². The van der Waals surface area contributed by atoms with Crippen molar-refractivity contribution in [3.63, 3.8) is 0 Å². The van der Waals surface area contributed by atoms with Crippen molar-refractivity contribution in [1.29, 1.82) is 0 Å². The van der Waals surface area contributed by atoms with Gasteiger partial charge in [-0.1, -0.05) is 37.2 Å². The van der Waals surface area contributed by atoms with Crippen molar-refractivity contribution < 1.29 is 9.32 Å². The minimum atomic E-state index is -0.00940. The number of anilines is 3. The van der Waals surface area contributed by atoms with E-state index in [1.165, 1.54) is 0 Å². The molecule has 1 aliphatic rings. The molecule has 0 unspecified atom stereocenters. The first-order valence-electron chi connectivity index (χ1n) is 10.9. The third-order valence-corrected chi connectivity index (χ3v) is 5.67. The summed E-state index contributed by atoms with van der Waals surface area (Å²) < 4.78 is 5.53. The maximum atomic E-state index is 11.9. The minimum absolute atomic E-state index is 0.00940. The molecule has 168 valence electrons. The fourth-order valence-corrected chi connectivity index (χ4v) is 3.74. The van der Waals surface area contributed by atoms with Gasteiger partial charge in [0.15, 0.2) is 0 Å². The molecule has 0 bridgehead atoms. The number of amides is 1. The predicted molar refractivity (Wildman–Crippen MR) is 120 cm³/mol. The first-order chi connectivity index (χ1) is 15.4. The SMILES string of the molecule is CC(C)C(=O)NC1CCC(c2nc(-c3nc(N)nc(N(C)c4ccccc4)n3)no2)CC1. The lowest BCUT2D eigenvalue weighted by Crippen LogP contribution is -2.39. The van der Waals surface area contributed by atoms with Crippen LogP contribution >= 0.6 is 0 Å². The normalized spacial score (nSPS) is 18.5. The molecule has 3 aromatic rings. The molecule has 10 nitrogen and oxygen atoms in total. The molecule has 2 heterocycles. The van der Waals surface area contributed by atoms with Gasteiger partial charge in [0.1, 0.15) is 0 Å². The third kappa shape index (κ3) is 4.84. The van der Waals surface area contributed by atoms with Crippen molar-refractivity contribution >= 4 is 23.5 Å². The number of benzene rings is 1. The van der Waals surface area contributed by atoms with Gasteiger partial charge < -0.3 is 20.5 Å². The highest BCUT2D eigenvalue weighted by atomic mass is 16.5. The Morgan fingerprint density at radius 1 is 1.06 bits per heavy atom. The zero-order valence-electron chi connectivity index (χ0n) is 18.5. The Hall–Kier alpha value is -3.56. The number of nitrogens with one attached hydrogen (secondary N) is 1. The number of carbonyl (C=O) groups is 1. The molecule has 0 radical (unpaired) electrons. The lowest BCUT2D eigenvalue weighted by atomic mass is 9.86. The molecule has 1 fully saturated rings. The van der Waals surface area contributed by atoms with Gasteiger partial charge in [-0.2, -0.15) is 19.9 Å². The van der Waals surface area contributed by atoms with Gasteiger partial charge in [-0.25, -0.2) is 0 Å². The third-order valence-electron chi connectivity index (χ3n) is 5.67. The summed E-state index contributed by atoms with van der Waals surface area (Å²) in [6, 6.07) is 9.91. The molecule has 1 aromatic carbocycles. The molecule has 10 heteroatoms. The highest BCUT2D eigenvalue weighted by Gasteiger charge is 2.28. The number of para-hydroxylation sites is 1. The van der Waals surface area contributed by atoms with Crippen molar-refractivity contribution in [1.82, 2.24) is 30.4 Å². The van der Waals surface area contributed by atoms with E-state index in [4.69, 9.17) is 10.3 Å². The molecular formula is C22H28N8O2. The maximum absolute atomic E-state index is 11.9. The summed E-state index contributed by atoms with van der Waals surface area (Å²) in [6.07, 6.45) is 3.50. The van der Waals surface area contributed by atoms with Crippen LogP contribution < -0.4 is 16.0 Å². The molecule has 0 saturated heterocycles. The zero-order valence-corrected chi connectivity index (χ0v) is 18.5. The summed E-state index contributed by atoms with van der Waals surface area (Å²) in [5.41, 5.74) is 6.84. The van der Waals surface area contributed by atoms with Crippen molar-refractivity contribution in [3.8, 4) is 11.6 Å². The summed E-state index contributed by atoms with van der Waals surface area (Å²) in [5.74, 6) is 1.82. The van der Waals surface area contributed by atoms with Gasteiger partial charge in [0.25, 0.3) is 0 Å². The van der Waals surface area contributed by atoms with Crippen molar-refractivity contribution in [2.24, 2.45) is 5.92 Å². The van der Waals surface area contributed by atoms with E-state index in [2.05, 4.69) is 30.4 Å². The number of rotatable bonds is 6. The average Bonchev–Trinajstić information content (AvgIpc) is 3.29. The molecule has 0 aliphatic heterocycles. The number of carbonyl (C=O) groups excluding carboxylic acids is 1. The van der Waals surface area contributed by atoms with Crippen LogP contribution in [0.25, 0.3) is 11.6 Å². The molecule has 0 spiro atoms. The summed E-state index contributed by atoms with van der Waals surface area (Å²) in [6.45, 7) is 3.80. The van der Waals surface area contributed by atoms with E-state index in [0.29, 0.717) is 11.8 Å². The van der Waals surface area contributed by atoms with E-state index >= 15 is 0 Å². The summed E-state index contributed by atoms with van der Waals surface area (Å²) in [7, 11) is 1.85. The largest absolute Gasteiger partial charge is 0.368 e. The number of hydrogen-bond acceptors (Lipinski definition) is 9. The van der Waals surface area contributed by atoms with E-state index in [1.54, 1.807) is 0 Å². The fraction of sp³-hybridized carbons (Fsp3) is 0.455. The van der Waals surface area contributed by atoms with E-state index in [1.807, 2.05) is 56.1 Å². The van der Waals surface area contributed by atoms with Gasteiger partial charge in [-0.3, -0.25) is 4.79 Å². The van der Waals surface area contributed by atoms with Crippen LogP contribution in [0.3, 0.4) is 0 Å². The smallest absolute Gasteiger partial charge is 0.240 e. The Labute approximate surface area is 186 Å². The molecule has 1 amide bonds. The van der Waals surface area contributed by atoms with E-state index < -0.39 is 0 Å². The van der Waals surface area contributed by atoms with Gasteiger partial charge in [-0.15, -0.1) is 0 Å². The Balaban J connectivity index is 1.46. The van der Waals surface area contributed by atoms with Gasteiger partial charge in [0.05, 0.1) is 0 Å². The zero-order chi connectivity index (χ0) is 22.7. The number of nitrogens with two attached hydrogens (primary N) is 1. The molecule has 1 aliphatic carbocycles. The van der Waals surface area contributed by atoms with Crippen LogP contribution in [0, 0.1) is 5.92 Å². The van der Waals surface area contributed by atoms with Crippen molar-refractivity contribution in [2.45, 2.75) is 51.5 Å². The van der Waals surface area contributed by atoms with Gasteiger partial charge in [0, 0.05) is 30.6 Å². The van der Waals surface area contributed by atoms with Crippen LogP contribution in [0.4, 0.5) is 17.6 Å². The summed E-state index contributed by atoms with van der Waals surface area (Å²) >= 11 is 0. The van der Waals surface area contributed by atoms with E-state index in [-0.39, 0.29) is 41.4 Å². The molecule has 2 aromatic heterocycles. The van der Waals surface area contributed by atoms with Crippen LogP contribution in [-0.4, -0.2) is 44.1 Å². The second kappa shape index (κ2) is 9.29. The number of hydrogen-bond donors (Lipinski definition) is 2. The number of nitrogen functional groups attached to an aromatic ring is 1. The van der Waals surface area contributed by atoms with Crippen molar-refractivity contribution in [2.75, 3.05) is 17.7 Å². The Kier molecular flexibility index (Phi) is 6.29. The molecule has 4 rings (SSSR count). The molecular weight excluding hydrogens is 408 g/mol. The second-order valence-electron chi connectivity index (χ2n) is 8.38. The van der Waals surface area contributed by atoms with Crippen LogP contribution in [0.1, 0.15) is 51.3 Å². The number of aromatic nitrogens is 5. The Morgan fingerprint density at radius 3 is 2.47 bits per heavy atom. The highest BCUT2D eigenvalue weighted by molar-refractivity contribution is 5.78. The first-order valence-corrected chi connectivity index (χ1v) is 10.9. The van der Waals surface area contributed by atoms with Crippen LogP contribution in [0.5, 0.6) is 0 Å². The minimum Gasteiger partial charge on any atom is -0.368 e. The van der Waals surface area contributed by atoms with Crippen molar-refractivity contribution in [3.05, 3.63) is 36.2 Å². The molecule has 32 heavy (non-hydrogen) atoms. The van der Waals surface area contributed by atoms with Crippen LogP contribution in [0.15, 0.2) is 34.9 Å². The average molecular weight is 437 g/mol. The molecule has 1 saturated carbocycles.